The number of fused-ring (bicyclic) bond motifs is 1. The predicted octanol–water partition coefficient (Wildman–Crippen LogP) is 3.91. The number of amides is 1. The van der Waals surface area contributed by atoms with E-state index in [-0.39, 0.29) is 17.3 Å². The fraction of sp³-hybridized carbons (Fsp3) is 0.500. The van der Waals surface area contributed by atoms with Gasteiger partial charge in [0.15, 0.2) is 11.5 Å². The number of anilines is 1. The van der Waals surface area contributed by atoms with Gasteiger partial charge in [-0.2, -0.15) is 5.10 Å². The van der Waals surface area contributed by atoms with E-state index in [0.717, 1.165) is 41.3 Å². The quantitative estimate of drug-likeness (QED) is 0.842. The van der Waals surface area contributed by atoms with Crippen LogP contribution in [0, 0.1) is 0 Å². The van der Waals surface area contributed by atoms with Crippen molar-refractivity contribution >= 4 is 23.5 Å². The van der Waals surface area contributed by atoms with E-state index in [4.69, 9.17) is 9.47 Å². The first kappa shape index (κ1) is 18.2. The zero-order valence-electron chi connectivity index (χ0n) is 15.7. The van der Waals surface area contributed by atoms with Gasteiger partial charge in [0.2, 0.25) is 5.91 Å². The number of carbonyl (C=O) groups is 1. The van der Waals surface area contributed by atoms with E-state index < -0.39 is 0 Å². The summed E-state index contributed by atoms with van der Waals surface area (Å²) in [7, 11) is 1.84. The molecule has 144 valence electrons. The molecule has 4 rings (SSSR count). The maximum atomic E-state index is 12.1. The van der Waals surface area contributed by atoms with Gasteiger partial charge in [-0.1, -0.05) is 6.07 Å². The van der Waals surface area contributed by atoms with Crippen molar-refractivity contribution in [1.29, 1.82) is 0 Å². The molecule has 2 heterocycles. The Labute approximate surface area is 163 Å². The summed E-state index contributed by atoms with van der Waals surface area (Å²) in [6.45, 7) is 2.56. The third kappa shape index (κ3) is 3.78. The van der Waals surface area contributed by atoms with Crippen molar-refractivity contribution < 1.29 is 14.3 Å². The Hall–Kier alpha value is -2.15. The number of nitrogens with one attached hydrogen (secondary N) is 1. The van der Waals surface area contributed by atoms with Crippen molar-refractivity contribution in [2.45, 2.75) is 44.0 Å². The molecule has 1 aromatic carbocycles. The molecule has 0 bridgehead atoms. The maximum absolute atomic E-state index is 12.1. The SMILES string of the molecule is CCOc1cc([C@@H]2SCC(=O)Nc3c2cnn3C)ccc1OC1CCCC1. The highest BCUT2D eigenvalue weighted by Crippen LogP contribution is 2.44. The summed E-state index contributed by atoms with van der Waals surface area (Å²) in [6.07, 6.45) is 6.81. The summed E-state index contributed by atoms with van der Waals surface area (Å²) in [5, 5.41) is 7.30. The van der Waals surface area contributed by atoms with Crippen LogP contribution in [0.3, 0.4) is 0 Å². The van der Waals surface area contributed by atoms with E-state index in [2.05, 4.69) is 22.5 Å². The molecular weight excluding hydrogens is 362 g/mol. The Kier molecular flexibility index (Phi) is 5.29. The van der Waals surface area contributed by atoms with Gasteiger partial charge in [0, 0.05) is 12.6 Å². The van der Waals surface area contributed by atoms with Crippen LogP contribution >= 0.6 is 11.8 Å². The average Bonchev–Trinajstić information content (AvgIpc) is 3.25. The van der Waals surface area contributed by atoms with Crippen LogP contribution in [-0.4, -0.2) is 34.2 Å². The topological polar surface area (TPSA) is 65.4 Å². The second kappa shape index (κ2) is 7.84. The molecule has 27 heavy (non-hydrogen) atoms. The van der Waals surface area contributed by atoms with Crippen molar-refractivity contribution in [3.05, 3.63) is 35.5 Å². The highest BCUT2D eigenvalue weighted by molar-refractivity contribution is 8.00. The number of rotatable bonds is 5. The molecule has 1 amide bonds. The molecule has 1 N–H and O–H groups in total. The summed E-state index contributed by atoms with van der Waals surface area (Å²) in [6, 6.07) is 6.14. The molecule has 6 nitrogen and oxygen atoms in total. The largest absolute Gasteiger partial charge is 0.490 e. The zero-order chi connectivity index (χ0) is 18.8. The van der Waals surface area contributed by atoms with Crippen LogP contribution < -0.4 is 14.8 Å². The number of hydrogen-bond acceptors (Lipinski definition) is 5. The van der Waals surface area contributed by atoms with E-state index >= 15 is 0 Å². The number of carbonyl (C=O) groups excluding carboxylic acids is 1. The van der Waals surface area contributed by atoms with Crippen molar-refractivity contribution in [1.82, 2.24) is 9.78 Å². The van der Waals surface area contributed by atoms with Crippen LogP contribution in [0.5, 0.6) is 11.5 Å². The van der Waals surface area contributed by atoms with E-state index in [0.29, 0.717) is 12.4 Å². The monoisotopic (exact) mass is 387 g/mol. The van der Waals surface area contributed by atoms with Crippen molar-refractivity contribution in [2.24, 2.45) is 7.05 Å². The minimum absolute atomic E-state index is 0.00133. The molecule has 0 spiro atoms. The lowest BCUT2D eigenvalue weighted by atomic mass is 10.1. The van der Waals surface area contributed by atoms with Crippen LogP contribution in [0.2, 0.25) is 0 Å². The first-order chi connectivity index (χ1) is 13.2. The normalized spacial score (nSPS) is 20.1. The van der Waals surface area contributed by atoms with E-state index in [1.165, 1.54) is 12.8 Å². The molecule has 7 heteroatoms. The van der Waals surface area contributed by atoms with Gasteiger partial charge in [-0.3, -0.25) is 9.48 Å². The fourth-order valence-corrected chi connectivity index (χ4v) is 4.81. The van der Waals surface area contributed by atoms with Crippen LogP contribution in [0.4, 0.5) is 5.82 Å². The number of ether oxygens (including phenoxy) is 2. The summed E-state index contributed by atoms with van der Waals surface area (Å²) < 4.78 is 13.8. The first-order valence-corrected chi connectivity index (χ1v) is 10.6. The van der Waals surface area contributed by atoms with E-state index in [9.17, 15) is 4.79 Å². The molecule has 2 aliphatic rings. The van der Waals surface area contributed by atoms with E-state index in [1.807, 2.05) is 26.2 Å². The molecule has 1 saturated carbocycles. The highest BCUT2D eigenvalue weighted by Gasteiger charge is 2.28. The second-order valence-electron chi connectivity index (χ2n) is 6.97. The molecule has 0 saturated heterocycles. The third-order valence-corrected chi connectivity index (χ3v) is 6.34. The molecular formula is C20H25N3O3S. The Bertz CT molecular complexity index is 830. The van der Waals surface area contributed by atoms with E-state index in [1.54, 1.807) is 16.4 Å². The lowest BCUT2D eigenvalue weighted by Crippen LogP contribution is -2.15. The average molecular weight is 388 g/mol. The maximum Gasteiger partial charge on any atom is 0.235 e. The minimum Gasteiger partial charge on any atom is -0.490 e. The Morgan fingerprint density at radius 1 is 1.30 bits per heavy atom. The molecule has 1 fully saturated rings. The van der Waals surface area contributed by atoms with Gasteiger partial charge in [-0.25, -0.2) is 0 Å². The number of thioether (sulfide) groups is 1. The van der Waals surface area contributed by atoms with Gasteiger partial charge in [-0.15, -0.1) is 11.8 Å². The predicted molar refractivity (Wildman–Crippen MR) is 107 cm³/mol. The van der Waals surface area contributed by atoms with Crippen LogP contribution in [-0.2, 0) is 11.8 Å². The Morgan fingerprint density at radius 3 is 2.89 bits per heavy atom. The van der Waals surface area contributed by atoms with Gasteiger partial charge in [-0.05, 0) is 50.3 Å². The van der Waals surface area contributed by atoms with Crippen molar-refractivity contribution in [2.75, 3.05) is 17.7 Å². The summed E-state index contributed by atoms with van der Waals surface area (Å²) >= 11 is 1.61. The summed E-state index contributed by atoms with van der Waals surface area (Å²) in [5.41, 5.74) is 2.10. The Morgan fingerprint density at radius 2 is 2.11 bits per heavy atom. The van der Waals surface area contributed by atoms with Crippen molar-refractivity contribution in [3.63, 3.8) is 0 Å². The third-order valence-electron chi connectivity index (χ3n) is 5.05. The van der Waals surface area contributed by atoms with Crippen molar-refractivity contribution in [3.8, 4) is 11.5 Å². The van der Waals surface area contributed by atoms with Gasteiger partial charge in [0.1, 0.15) is 5.82 Å². The zero-order valence-corrected chi connectivity index (χ0v) is 16.6. The molecule has 0 radical (unpaired) electrons. The molecule has 1 aliphatic carbocycles. The van der Waals surface area contributed by atoms with Gasteiger partial charge < -0.3 is 14.8 Å². The first-order valence-electron chi connectivity index (χ1n) is 9.52. The molecule has 0 unspecified atom stereocenters. The molecule has 1 aliphatic heterocycles. The van der Waals surface area contributed by atoms with Gasteiger partial charge >= 0.3 is 0 Å². The number of aromatic nitrogens is 2. The number of hydrogen-bond donors (Lipinski definition) is 1. The second-order valence-corrected chi connectivity index (χ2v) is 8.07. The Balaban J connectivity index is 1.66. The van der Waals surface area contributed by atoms with Gasteiger partial charge in [0.05, 0.1) is 29.9 Å². The lowest BCUT2D eigenvalue weighted by molar-refractivity contribution is -0.113. The highest BCUT2D eigenvalue weighted by atomic mass is 32.2. The number of benzene rings is 1. The lowest BCUT2D eigenvalue weighted by Gasteiger charge is -2.20. The molecule has 1 atom stereocenters. The number of nitrogens with zero attached hydrogens (tertiary/aromatic N) is 2. The molecule has 1 aromatic heterocycles. The molecule has 2 aromatic rings. The van der Waals surface area contributed by atoms with Crippen LogP contribution in [0.25, 0.3) is 0 Å². The smallest absolute Gasteiger partial charge is 0.235 e. The summed E-state index contributed by atoms with van der Waals surface area (Å²) in [4.78, 5) is 12.1. The standard InChI is InChI=1S/C20H25N3O3S/c1-3-25-17-10-13(8-9-16(17)26-14-6-4-5-7-14)19-15-11-21-23(2)20(15)22-18(24)12-27-19/h8-11,14,19H,3-7,12H2,1-2H3,(H,22,24)/t19-/m0/s1. The number of aryl methyl sites for hydroxylation is 1. The minimum atomic E-state index is -0.00133. The summed E-state index contributed by atoms with van der Waals surface area (Å²) in [5.74, 6) is 2.75. The fourth-order valence-electron chi connectivity index (χ4n) is 3.73. The van der Waals surface area contributed by atoms with Gasteiger partial charge in [0.25, 0.3) is 0 Å². The van der Waals surface area contributed by atoms with Crippen LogP contribution in [0.1, 0.15) is 49.0 Å². The van der Waals surface area contributed by atoms with Crippen LogP contribution in [0.15, 0.2) is 24.4 Å².